The van der Waals surface area contributed by atoms with E-state index in [1.807, 2.05) is 13.0 Å². The van der Waals surface area contributed by atoms with E-state index in [9.17, 15) is 9.90 Å². The van der Waals surface area contributed by atoms with Gasteiger partial charge in [-0.25, -0.2) is 4.79 Å². The average molecular weight is 385 g/mol. The van der Waals surface area contributed by atoms with Crippen LogP contribution in [-0.2, 0) is 4.74 Å². The Labute approximate surface area is 167 Å². The quantitative estimate of drug-likeness (QED) is 0.537. The van der Waals surface area contributed by atoms with Crippen LogP contribution in [0.4, 0.5) is 0 Å². The fraction of sp³-hybridized carbons (Fsp3) is 0.625. The largest absolute Gasteiger partial charge is 0.507 e. The van der Waals surface area contributed by atoms with E-state index in [1.165, 1.54) is 19.1 Å². The zero-order chi connectivity index (χ0) is 20.4. The van der Waals surface area contributed by atoms with Gasteiger partial charge >= 0.3 is 5.97 Å². The van der Waals surface area contributed by atoms with E-state index in [0.29, 0.717) is 17.4 Å². The minimum absolute atomic E-state index is 0.0605. The lowest BCUT2D eigenvalue weighted by molar-refractivity contribution is -0.134. The molecule has 1 aromatic rings. The number of hydrogen-bond donors (Lipinski definition) is 1. The van der Waals surface area contributed by atoms with Crippen molar-refractivity contribution in [3.8, 4) is 11.5 Å². The number of rotatable bonds is 5. The van der Waals surface area contributed by atoms with E-state index in [1.54, 1.807) is 0 Å². The lowest BCUT2D eigenvalue weighted by Crippen LogP contribution is -2.60. The molecular formula is C24H32O4. The highest BCUT2D eigenvalue weighted by molar-refractivity contribution is 5.95. The van der Waals surface area contributed by atoms with Crippen molar-refractivity contribution in [2.24, 2.45) is 17.3 Å². The number of fused-ring (bicyclic) bond motifs is 2. The highest BCUT2D eigenvalue weighted by Gasteiger charge is 2.70. The maximum Gasteiger partial charge on any atom is 0.341 e. The fourth-order valence-corrected chi connectivity index (χ4v) is 6.58. The minimum atomic E-state index is -0.489. The van der Waals surface area contributed by atoms with E-state index in [2.05, 4.69) is 27.4 Å². The lowest BCUT2D eigenvalue weighted by atomic mass is 9.43. The predicted octanol–water partition coefficient (Wildman–Crippen LogP) is 5.51. The summed E-state index contributed by atoms with van der Waals surface area (Å²) in [5.41, 5.74) is 2.94. The van der Waals surface area contributed by atoms with Crippen LogP contribution in [-0.4, -0.2) is 23.8 Å². The van der Waals surface area contributed by atoms with Gasteiger partial charge < -0.3 is 14.6 Å². The van der Waals surface area contributed by atoms with Crippen LogP contribution in [0.5, 0.6) is 11.5 Å². The van der Waals surface area contributed by atoms with Gasteiger partial charge in [-0.3, -0.25) is 0 Å². The molecule has 4 heteroatoms. The third-order valence-corrected chi connectivity index (χ3v) is 7.87. The second-order valence-corrected chi connectivity index (χ2v) is 9.70. The van der Waals surface area contributed by atoms with Crippen molar-refractivity contribution in [2.45, 2.75) is 71.3 Å². The van der Waals surface area contributed by atoms with Gasteiger partial charge in [-0.05, 0) is 75.8 Å². The van der Waals surface area contributed by atoms with Crippen molar-refractivity contribution < 1.29 is 19.4 Å². The molecule has 1 aromatic carbocycles. The summed E-state index contributed by atoms with van der Waals surface area (Å²) in [6, 6.07) is 1.92. The number of carbonyl (C=O) groups is 1. The molecule has 2 fully saturated rings. The van der Waals surface area contributed by atoms with Crippen LogP contribution in [0, 0.1) is 24.2 Å². The summed E-state index contributed by atoms with van der Waals surface area (Å²) in [6.07, 6.45) is 5.45. The van der Waals surface area contributed by atoms with E-state index < -0.39 is 5.97 Å². The van der Waals surface area contributed by atoms with Gasteiger partial charge in [0.25, 0.3) is 0 Å². The molecule has 0 saturated heterocycles. The third-order valence-electron chi connectivity index (χ3n) is 7.87. The van der Waals surface area contributed by atoms with E-state index >= 15 is 0 Å². The van der Waals surface area contributed by atoms with Gasteiger partial charge in [0.05, 0.1) is 7.11 Å². The molecule has 1 heterocycles. The van der Waals surface area contributed by atoms with Crippen LogP contribution >= 0.6 is 0 Å². The number of phenols is 1. The van der Waals surface area contributed by atoms with Crippen LogP contribution < -0.4 is 4.74 Å². The molecule has 4 nitrogen and oxygen atoms in total. The van der Waals surface area contributed by atoms with E-state index in [4.69, 9.17) is 9.47 Å². The second kappa shape index (κ2) is 6.27. The second-order valence-electron chi connectivity index (χ2n) is 9.70. The molecule has 0 amide bonds. The number of aromatic hydroxyl groups is 1. The Morgan fingerprint density at radius 3 is 2.79 bits per heavy atom. The summed E-state index contributed by atoms with van der Waals surface area (Å²) in [4.78, 5) is 12.3. The molecule has 4 rings (SSSR count). The zero-order valence-corrected chi connectivity index (χ0v) is 17.7. The lowest BCUT2D eigenvalue weighted by Gasteiger charge is -2.63. The molecule has 0 radical (unpaired) electrons. The van der Waals surface area contributed by atoms with Crippen molar-refractivity contribution in [1.29, 1.82) is 0 Å². The molecule has 0 unspecified atom stereocenters. The maximum absolute atomic E-state index is 12.3. The Morgan fingerprint density at radius 1 is 1.43 bits per heavy atom. The first-order valence-corrected chi connectivity index (χ1v) is 10.4. The number of methoxy groups -OCH3 is 1. The monoisotopic (exact) mass is 384 g/mol. The molecule has 0 aromatic heterocycles. The smallest absolute Gasteiger partial charge is 0.341 e. The van der Waals surface area contributed by atoms with Crippen molar-refractivity contribution in [2.75, 3.05) is 7.11 Å². The molecular weight excluding hydrogens is 352 g/mol. The fourth-order valence-electron chi connectivity index (χ4n) is 6.58. The van der Waals surface area contributed by atoms with Gasteiger partial charge in [-0.15, -0.1) is 6.58 Å². The topological polar surface area (TPSA) is 55.8 Å². The Morgan fingerprint density at radius 2 is 2.14 bits per heavy atom. The highest BCUT2D eigenvalue weighted by Crippen LogP contribution is 2.75. The van der Waals surface area contributed by atoms with Gasteiger partial charge in [0.2, 0.25) is 0 Å². The number of carbonyl (C=O) groups excluding carboxylic acids is 1. The summed E-state index contributed by atoms with van der Waals surface area (Å²) < 4.78 is 11.4. The molecule has 0 bridgehead atoms. The number of esters is 1. The number of ether oxygens (including phenoxy) is 2. The molecule has 2 saturated carbocycles. The SMILES string of the molecule is C=C(C)CCC[C@@]1(C)[C@@H]2c3c(cc(C)c(C(=O)OC)c3O)O[C@]3(C)CC[C@H]1[C@H]23. The Hall–Kier alpha value is -1.97. The molecule has 3 aliphatic rings. The van der Waals surface area contributed by atoms with Crippen LogP contribution in [0.15, 0.2) is 18.2 Å². The summed E-state index contributed by atoms with van der Waals surface area (Å²) in [7, 11) is 1.35. The normalized spacial score (nSPS) is 34.7. The summed E-state index contributed by atoms with van der Waals surface area (Å²) in [5.74, 6) is 1.53. The standard InChI is InChI=1S/C24H32O4/c1-13(2)8-7-10-23(4)15-9-11-24(5)19(15)20(23)18-16(28-24)12-14(3)17(21(18)25)22(26)27-6/h12,15,19-20,25H,1,7-11H2,2-6H3/t15-,19+,20+,23+,24+/m0/s1. The molecule has 5 atom stereocenters. The van der Waals surface area contributed by atoms with Gasteiger partial charge in [0.15, 0.2) is 0 Å². The van der Waals surface area contributed by atoms with Crippen LogP contribution in [0.25, 0.3) is 0 Å². The summed E-state index contributed by atoms with van der Waals surface area (Å²) >= 11 is 0. The summed E-state index contributed by atoms with van der Waals surface area (Å²) in [6.45, 7) is 12.6. The number of hydrogen-bond acceptors (Lipinski definition) is 4. The van der Waals surface area contributed by atoms with Gasteiger partial charge in [0.1, 0.15) is 22.7 Å². The highest BCUT2D eigenvalue weighted by atomic mass is 16.5. The summed E-state index contributed by atoms with van der Waals surface area (Å²) in [5, 5.41) is 11.2. The Balaban J connectivity index is 1.81. The number of phenolic OH excluding ortho intramolecular Hbond substituents is 1. The van der Waals surface area contributed by atoms with Crippen molar-refractivity contribution >= 4 is 5.97 Å². The van der Waals surface area contributed by atoms with Crippen molar-refractivity contribution in [3.05, 3.63) is 34.9 Å². The van der Waals surface area contributed by atoms with Crippen LogP contribution in [0.2, 0.25) is 0 Å². The molecule has 152 valence electrons. The first-order chi connectivity index (χ1) is 13.1. The van der Waals surface area contributed by atoms with Gasteiger partial charge in [0, 0.05) is 17.4 Å². The minimum Gasteiger partial charge on any atom is -0.507 e. The third kappa shape index (κ3) is 2.46. The molecule has 28 heavy (non-hydrogen) atoms. The molecule has 1 aliphatic heterocycles. The van der Waals surface area contributed by atoms with Crippen LogP contribution in [0.1, 0.15) is 80.3 Å². The maximum atomic E-state index is 12.3. The van der Waals surface area contributed by atoms with Gasteiger partial charge in [-0.1, -0.05) is 12.5 Å². The average Bonchev–Trinajstić information content (AvgIpc) is 2.94. The number of allylic oxidation sites excluding steroid dienone is 1. The first-order valence-electron chi connectivity index (χ1n) is 10.4. The van der Waals surface area contributed by atoms with Crippen molar-refractivity contribution in [3.63, 3.8) is 0 Å². The molecule has 2 aliphatic carbocycles. The van der Waals surface area contributed by atoms with E-state index in [-0.39, 0.29) is 28.2 Å². The van der Waals surface area contributed by atoms with Crippen LogP contribution in [0.3, 0.4) is 0 Å². The predicted molar refractivity (Wildman–Crippen MR) is 109 cm³/mol. The molecule has 1 N–H and O–H groups in total. The first kappa shape index (κ1) is 19.4. The van der Waals surface area contributed by atoms with Gasteiger partial charge in [-0.2, -0.15) is 0 Å². The number of benzene rings is 1. The Kier molecular flexibility index (Phi) is 4.33. The zero-order valence-electron chi connectivity index (χ0n) is 17.7. The van der Waals surface area contributed by atoms with Crippen molar-refractivity contribution in [1.82, 2.24) is 0 Å². The van der Waals surface area contributed by atoms with E-state index in [0.717, 1.165) is 37.0 Å². The number of aryl methyl sites for hydroxylation is 1. The molecule has 0 spiro atoms. The Bertz CT molecular complexity index is 857.